The highest BCUT2D eigenvalue weighted by molar-refractivity contribution is 5.93. The van der Waals surface area contributed by atoms with Crippen molar-refractivity contribution in [3.63, 3.8) is 0 Å². The van der Waals surface area contributed by atoms with E-state index < -0.39 is 0 Å². The van der Waals surface area contributed by atoms with Crippen molar-refractivity contribution in [1.82, 2.24) is 14.8 Å². The monoisotopic (exact) mass is 264 g/mol. The Kier molecular flexibility index (Phi) is 6.29. The number of pyridine rings is 1. The predicted molar refractivity (Wildman–Crippen MR) is 78.5 cm³/mol. The summed E-state index contributed by atoms with van der Waals surface area (Å²) < 4.78 is 0. The average molecular weight is 264 g/mol. The van der Waals surface area contributed by atoms with Crippen molar-refractivity contribution < 1.29 is 4.79 Å². The van der Waals surface area contributed by atoms with Gasteiger partial charge in [-0.05, 0) is 46.1 Å². The maximum absolute atomic E-state index is 12.3. The molecule has 0 spiro atoms. The summed E-state index contributed by atoms with van der Waals surface area (Å²) in [5, 5.41) is 3.02. The van der Waals surface area contributed by atoms with Crippen LogP contribution in [-0.4, -0.2) is 61.5 Å². The summed E-state index contributed by atoms with van der Waals surface area (Å²) in [7, 11) is 5.91. The summed E-state index contributed by atoms with van der Waals surface area (Å²) in [4.78, 5) is 20.5. The van der Waals surface area contributed by atoms with Crippen LogP contribution in [0.4, 0.5) is 5.69 Å². The SMILES string of the molecule is CCN(CCCN(C)C)C(=O)c1cc(NC)ccn1. The lowest BCUT2D eigenvalue weighted by atomic mass is 10.2. The lowest BCUT2D eigenvalue weighted by Gasteiger charge is -2.21. The molecule has 1 amide bonds. The van der Waals surface area contributed by atoms with Gasteiger partial charge < -0.3 is 15.1 Å². The molecule has 0 aromatic carbocycles. The summed E-state index contributed by atoms with van der Waals surface area (Å²) in [6.07, 6.45) is 2.63. The van der Waals surface area contributed by atoms with Gasteiger partial charge in [-0.2, -0.15) is 0 Å². The highest BCUT2D eigenvalue weighted by Gasteiger charge is 2.15. The van der Waals surface area contributed by atoms with Crippen LogP contribution in [0.1, 0.15) is 23.8 Å². The van der Waals surface area contributed by atoms with Crippen LogP contribution in [0, 0.1) is 0 Å². The maximum Gasteiger partial charge on any atom is 0.272 e. The number of carbonyl (C=O) groups excluding carboxylic acids is 1. The van der Waals surface area contributed by atoms with E-state index in [1.807, 2.05) is 39.0 Å². The second kappa shape index (κ2) is 7.74. The van der Waals surface area contributed by atoms with E-state index in [1.54, 1.807) is 12.3 Å². The summed E-state index contributed by atoms with van der Waals surface area (Å²) in [6.45, 7) is 4.44. The third-order valence-electron chi connectivity index (χ3n) is 2.97. The number of nitrogens with one attached hydrogen (secondary N) is 1. The van der Waals surface area contributed by atoms with E-state index in [4.69, 9.17) is 0 Å². The third kappa shape index (κ3) is 4.87. The van der Waals surface area contributed by atoms with Gasteiger partial charge in [0.25, 0.3) is 5.91 Å². The lowest BCUT2D eigenvalue weighted by Crippen LogP contribution is -2.33. The van der Waals surface area contributed by atoms with Gasteiger partial charge in [0, 0.05) is 32.0 Å². The van der Waals surface area contributed by atoms with Gasteiger partial charge >= 0.3 is 0 Å². The largest absolute Gasteiger partial charge is 0.388 e. The summed E-state index contributed by atoms with van der Waals surface area (Å²) >= 11 is 0. The Morgan fingerprint density at radius 2 is 2.11 bits per heavy atom. The van der Waals surface area contributed by atoms with Crippen molar-refractivity contribution in [2.75, 3.05) is 46.1 Å². The first-order valence-corrected chi connectivity index (χ1v) is 6.66. The fourth-order valence-corrected chi connectivity index (χ4v) is 1.85. The van der Waals surface area contributed by atoms with Crippen molar-refractivity contribution in [3.8, 4) is 0 Å². The minimum atomic E-state index is -0.00152. The molecule has 0 aliphatic heterocycles. The van der Waals surface area contributed by atoms with Crippen LogP contribution >= 0.6 is 0 Å². The fourth-order valence-electron chi connectivity index (χ4n) is 1.85. The van der Waals surface area contributed by atoms with Crippen LogP contribution in [0.15, 0.2) is 18.3 Å². The molecule has 0 atom stereocenters. The van der Waals surface area contributed by atoms with Crippen molar-refractivity contribution >= 4 is 11.6 Å². The smallest absolute Gasteiger partial charge is 0.272 e. The Morgan fingerprint density at radius 3 is 2.68 bits per heavy atom. The molecular weight excluding hydrogens is 240 g/mol. The van der Waals surface area contributed by atoms with Crippen LogP contribution < -0.4 is 5.32 Å². The van der Waals surface area contributed by atoms with E-state index in [2.05, 4.69) is 15.2 Å². The highest BCUT2D eigenvalue weighted by atomic mass is 16.2. The third-order valence-corrected chi connectivity index (χ3v) is 2.97. The molecule has 1 aromatic heterocycles. The van der Waals surface area contributed by atoms with Gasteiger partial charge in [0.05, 0.1) is 0 Å². The topological polar surface area (TPSA) is 48.5 Å². The van der Waals surface area contributed by atoms with Crippen molar-refractivity contribution in [2.24, 2.45) is 0 Å². The number of hydrogen-bond acceptors (Lipinski definition) is 4. The molecule has 0 saturated heterocycles. The average Bonchev–Trinajstić information content (AvgIpc) is 2.42. The number of carbonyl (C=O) groups is 1. The number of nitrogens with zero attached hydrogens (tertiary/aromatic N) is 3. The lowest BCUT2D eigenvalue weighted by molar-refractivity contribution is 0.0753. The molecule has 1 heterocycles. The van der Waals surface area contributed by atoms with Crippen molar-refractivity contribution in [2.45, 2.75) is 13.3 Å². The summed E-state index contributed by atoms with van der Waals surface area (Å²) in [5.74, 6) is -0.00152. The van der Waals surface area contributed by atoms with Crippen LogP contribution in [0.3, 0.4) is 0 Å². The van der Waals surface area contributed by atoms with Gasteiger partial charge in [-0.15, -0.1) is 0 Å². The van der Waals surface area contributed by atoms with Gasteiger partial charge in [0.1, 0.15) is 5.69 Å². The Morgan fingerprint density at radius 1 is 1.37 bits per heavy atom. The predicted octanol–water partition coefficient (Wildman–Crippen LogP) is 1.54. The first-order valence-electron chi connectivity index (χ1n) is 6.66. The zero-order valence-electron chi connectivity index (χ0n) is 12.3. The molecule has 0 saturated carbocycles. The molecule has 0 fully saturated rings. The van der Waals surface area contributed by atoms with Crippen LogP contribution in [0.2, 0.25) is 0 Å². The first kappa shape index (κ1) is 15.4. The van der Waals surface area contributed by atoms with E-state index >= 15 is 0 Å². The fraction of sp³-hybridized carbons (Fsp3) is 0.571. The second-order valence-corrected chi connectivity index (χ2v) is 4.72. The van der Waals surface area contributed by atoms with E-state index in [1.165, 1.54) is 0 Å². The number of aromatic nitrogens is 1. The molecule has 0 unspecified atom stereocenters. The molecule has 0 bridgehead atoms. The van der Waals surface area contributed by atoms with Gasteiger partial charge in [-0.25, -0.2) is 0 Å². The normalized spacial score (nSPS) is 10.6. The van der Waals surface area contributed by atoms with E-state index in [0.29, 0.717) is 12.2 Å². The molecule has 1 N–H and O–H groups in total. The molecule has 5 heteroatoms. The van der Waals surface area contributed by atoms with E-state index in [0.717, 1.165) is 25.2 Å². The maximum atomic E-state index is 12.3. The summed E-state index contributed by atoms with van der Waals surface area (Å²) in [6, 6.07) is 3.63. The molecule has 19 heavy (non-hydrogen) atoms. The van der Waals surface area contributed by atoms with Crippen LogP contribution in [0.5, 0.6) is 0 Å². The standard InChI is InChI=1S/C14H24N4O/c1-5-18(10-6-9-17(3)4)14(19)13-11-12(15-2)7-8-16-13/h7-8,11H,5-6,9-10H2,1-4H3,(H,15,16). The number of rotatable bonds is 7. The van der Waals surface area contributed by atoms with E-state index in [-0.39, 0.29) is 5.91 Å². The summed E-state index contributed by atoms with van der Waals surface area (Å²) in [5.41, 5.74) is 1.40. The Labute approximate surface area is 115 Å². The molecule has 1 rings (SSSR count). The van der Waals surface area contributed by atoms with Crippen LogP contribution in [-0.2, 0) is 0 Å². The Bertz CT molecular complexity index is 406. The van der Waals surface area contributed by atoms with Gasteiger partial charge in [0.15, 0.2) is 0 Å². The minimum absolute atomic E-state index is 0.00152. The van der Waals surface area contributed by atoms with Crippen LogP contribution in [0.25, 0.3) is 0 Å². The van der Waals surface area contributed by atoms with Gasteiger partial charge in [0.2, 0.25) is 0 Å². The Hall–Kier alpha value is -1.62. The second-order valence-electron chi connectivity index (χ2n) is 4.72. The molecular formula is C14H24N4O. The molecule has 0 aliphatic rings. The number of amides is 1. The first-order chi connectivity index (χ1) is 9.08. The van der Waals surface area contributed by atoms with E-state index in [9.17, 15) is 4.79 Å². The number of anilines is 1. The minimum Gasteiger partial charge on any atom is -0.388 e. The molecule has 5 nitrogen and oxygen atoms in total. The number of hydrogen-bond donors (Lipinski definition) is 1. The molecule has 1 aromatic rings. The molecule has 0 radical (unpaired) electrons. The van der Waals surface area contributed by atoms with Crippen molar-refractivity contribution in [1.29, 1.82) is 0 Å². The molecule has 0 aliphatic carbocycles. The zero-order valence-corrected chi connectivity index (χ0v) is 12.3. The van der Waals surface area contributed by atoms with Gasteiger partial charge in [-0.1, -0.05) is 0 Å². The quantitative estimate of drug-likeness (QED) is 0.811. The highest BCUT2D eigenvalue weighted by Crippen LogP contribution is 2.09. The van der Waals surface area contributed by atoms with Gasteiger partial charge in [-0.3, -0.25) is 9.78 Å². The van der Waals surface area contributed by atoms with Crippen molar-refractivity contribution in [3.05, 3.63) is 24.0 Å². The molecule has 106 valence electrons. The Balaban J connectivity index is 2.66. The zero-order chi connectivity index (χ0) is 14.3.